The monoisotopic (exact) mass is 365 g/mol. The Morgan fingerprint density at radius 3 is 2.52 bits per heavy atom. The Morgan fingerprint density at radius 1 is 1.24 bits per heavy atom. The van der Waals surface area contributed by atoms with Crippen molar-refractivity contribution in [2.24, 2.45) is 0 Å². The maximum Gasteiger partial charge on any atom is 0.253 e. The van der Waals surface area contributed by atoms with Crippen LogP contribution in [0.2, 0.25) is 5.02 Å². The molecule has 0 bridgehead atoms. The van der Waals surface area contributed by atoms with Crippen LogP contribution in [0.1, 0.15) is 41.4 Å². The van der Waals surface area contributed by atoms with Crippen LogP contribution in [0.25, 0.3) is 0 Å². The van der Waals surface area contributed by atoms with Crippen molar-refractivity contribution in [3.63, 3.8) is 0 Å². The molecule has 0 saturated carbocycles. The summed E-state index contributed by atoms with van der Waals surface area (Å²) in [7, 11) is 0. The number of carbonyl (C=O) groups excluding carboxylic acids is 1. The van der Waals surface area contributed by atoms with Crippen LogP contribution in [-0.2, 0) is 6.42 Å². The van der Waals surface area contributed by atoms with Crippen LogP contribution >= 0.6 is 27.5 Å². The molecule has 2 aromatic rings. The summed E-state index contributed by atoms with van der Waals surface area (Å²) in [5, 5.41) is 3.42. The Morgan fingerprint density at radius 2 is 1.90 bits per heavy atom. The standard InChI is InChI=1S/C17H17BrClNO/c1-3-12-4-6-13(7-5-12)11(2)20-17(21)15-10-14(18)8-9-16(15)19/h4-11H,3H2,1-2H3,(H,20,21)/t11-/m1/s1. The lowest BCUT2D eigenvalue weighted by Crippen LogP contribution is -2.26. The fourth-order valence-corrected chi connectivity index (χ4v) is 2.64. The van der Waals surface area contributed by atoms with Crippen molar-refractivity contribution in [3.05, 3.63) is 68.7 Å². The third kappa shape index (κ3) is 4.08. The maximum atomic E-state index is 12.3. The van der Waals surface area contributed by atoms with E-state index in [-0.39, 0.29) is 11.9 Å². The zero-order valence-electron chi connectivity index (χ0n) is 12.0. The SMILES string of the molecule is CCc1ccc([C@@H](C)NC(=O)c2cc(Br)ccc2Cl)cc1. The quantitative estimate of drug-likeness (QED) is 0.796. The lowest BCUT2D eigenvalue weighted by Gasteiger charge is -2.15. The van der Waals surface area contributed by atoms with E-state index < -0.39 is 0 Å². The molecule has 0 heterocycles. The van der Waals surface area contributed by atoms with E-state index in [2.05, 4.69) is 40.3 Å². The largest absolute Gasteiger partial charge is 0.345 e. The van der Waals surface area contributed by atoms with Crippen molar-refractivity contribution in [3.8, 4) is 0 Å². The van der Waals surface area contributed by atoms with Gasteiger partial charge in [0.2, 0.25) is 0 Å². The molecule has 0 radical (unpaired) electrons. The molecule has 0 saturated heterocycles. The average Bonchev–Trinajstić information content (AvgIpc) is 2.49. The summed E-state index contributed by atoms with van der Waals surface area (Å²) in [6, 6.07) is 13.4. The van der Waals surface area contributed by atoms with E-state index >= 15 is 0 Å². The van der Waals surface area contributed by atoms with Gasteiger partial charge in [-0.25, -0.2) is 0 Å². The van der Waals surface area contributed by atoms with Gasteiger partial charge in [-0.3, -0.25) is 4.79 Å². The van der Waals surface area contributed by atoms with Crippen LogP contribution in [0.15, 0.2) is 46.9 Å². The predicted octanol–water partition coefficient (Wildman–Crippen LogP) is 5.16. The van der Waals surface area contributed by atoms with Gasteiger partial charge in [0.1, 0.15) is 0 Å². The smallest absolute Gasteiger partial charge is 0.253 e. The van der Waals surface area contributed by atoms with Gasteiger partial charge < -0.3 is 5.32 Å². The lowest BCUT2D eigenvalue weighted by molar-refractivity contribution is 0.0940. The highest BCUT2D eigenvalue weighted by atomic mass is 79.9. The zero-order valence-corrected chi connectivity index (χ0v) is 14.3. The van der Waals surface area contributed by atoms with Gasteiger partial charge >= 0.3 is 0 Å². The van der Waals surface area contributed by atoms with Crippen molar-refractivity contribution >= 4 is 33.4 Å². The molecule has 21 heavy (non-hydrogen) atoms. The Balaban J connectivity index is 2.12. The van der Waals surface area contributed by atoms with Gasteiger partial charge in [-0.05, 0) is 42.7 Å². The Labute approximate surface area is 138 Å². The molecule has 0 aliphatic carbocycles. The summed E-state index contributed by atoms with van der Waals surface area (Å²) in [5.74, 6) is -0.173. The second-order valence-corrected chi connectivity index (χ2v) is 6.24. The summed E-state index contributed by atoms with van der Waals surface area (Å²) in [6.07, 6.45) is 1.01. The topological polar surface area (TPSA) is 29.1 Å². The molecular formula is C17H17BrClNO. The molecular weight excluding hydrogens is 350 g/mol. The first-order chi connectivity index (χ1) is 10.0. The summed E-state index contributed by atoms with van der Waals surface area (Å²) < 4.78 is 0.831. The Hall–Kier alpha value is -1.32. The fourth-order valence-electron chi connectivity index (χ4n) is 2.07. The average molecular weight is 367 g/mol. The number of benzene rings is 2. The molecule has 4 heteroatoms. The number of aryl methyl sites for hydroxylation is 1. The van der Waals surface area contributed by atoms with E-state index in [1.807, 2.05) is 25.1 Å². The summed E-state index contributed by atoms with van der Waals surface area (Å²) in [5.41, 5.74) is 2.84. The molecule has 2 rings (SSSR count). The molecule has 1 amide bonds. The van der Waals surface area contributed by atoms with Crippen LogP contribution in [0.5, 0.6) is 0 Å². The molecule has 0 fully saturated rings. The third-order valence-electron chi connectivity index (χ3n) is 3.41. The first-order valence-electron chi connectivity index (χ1n) is 6.86. The second-order valence-electron chi connectivity index (χ2n) is 4.91. The number of rotatable bonds is 4. The first kappa shape index (κ1) is 16.1. The van der Waals surface area contributed by atoms with Crippen molar-refractivity contribution < 1.29 is 4.79 Å². The van der Waals surface area contributed by atoms with Gasteiger partial charge in [0.25, 0.3) is 5.91 Å². The van der Waals surface area contributed by atoms with Crippen LogP contribution in [0.4, 0.5) is 0 Å². The van der Waals surface area contributed by atoms with E-state index in [1.165, 1.54) is 5.56 Å². The van der Waals surface area contributed by atoms with E-state index in [4.69, 9.17) is 11.6 Å². The minimum atomic E-state index is -0.173. The summed E-state index contributed by atoms with van der Waals surface area (Å²) in [6.45, 7) is 4.08. The van der Waals surface area contributed by atoms with E-state index in [0.717, 1.165) is 16.5 Å². The third-order valence-corrected chi connectivity index (χ3v) is 4.23. The fraction of sp³-hybridized carbons (Fsp3) is 0.235. The predicted molar refractivity (Wildman–Crippen MR) is 90.9 cm³/mol. The minimum Gasteiger partial charge on any atom is -0.345 e. The second kappa shape index (κ2) is 7.10. The van der Waals surface area contributed by atoms with Crippen LogP contribution < -0.4 is 5.32 Å². The number of nitrogens with one attached hydrogen (secondary N) is 1. The molecule has 0 aliphatic rings. The number of amides is 1. The van der Waals surface area contributed by atoms with Gasteiger partial charge in [-0.2, -0.15) is 0 Å². The van der Waals surface area contributed by atoms with Crippen molar-refractivity contribution in [1.29, 1.82) is 0 Å². The highest BCUT2D eigenvalue weighted by Gasteiger charge is 2.14. The van der Waals surface area contributed by atoms with Gasteiger partial charge in [0.15, 0.2) is 0 Å². The molecule has 0 spiro atoms. The van der Waals surface area contributed by atoms with Gasteiger partial charge in [-0.1, -0.05) is 58.7 Å². The minimum absolute atomic E-state index is 0.0709. The van der Waals surface area contributed by atoms with E-state index in [0.29, 0.717) is 10.6 Å². The highest BCUT2D eigenvalue weighted by Crippen LogP contribution is 2.22. The van der Waals surface area contributed by atoms with E-state index in [1.54, 1.807) is 12.1 Å². The van der Waals surface area contributed by atoms with Gasteiger partial charge in [0.05, 0.1) is 16.6 Å². The molecule has 0 aliphatic heterocycles. The molecule has 2 aromatic carbocycles. The van der Waals surface area contributed by atoms with Crippen LogP contribution in [-0.4, -0.2) is 5.91 Å². The number of carbonyl (C=O) groups is 1. The van der Waals surface area contributed by atoms with E-state index in [9.17, 15) is 4.79 Å². The zero-order chi connectivity index (χ0) is 15.4. The van der Waals surface area contributed by atoms with Gasteiger partial charge in [0, 0.05) is 4.47 Å². The normalized spacial score (nSPS) is 12.0. The van der Waals surface area contributed by atoms with Crippen molar-refractivity contribution in [2.75, 3.05) is 0 Å². The molecule has 1 atom stereocenters. The molecule has 0 unspecified atom stereocenters. The maximum absolute atomic E-state index is 12.3. The number of hydrogen-bond donors (Lipinski definition) is 1. The van der Waals surface area contributed by atoms with Crippen molar-refractivity contribution in [2.45, 2.75) is 26.3 Å². The summed E-state index contributed by atoms with van der Waals surface area (Å²) in [4.78, 5) is 12.3. The lowest BCUT2D eigenvalue weighted by atomic mass is 10.0. The molecule has 0 aromatic heterocycles. The van der Waals surface area contributed by atoms with Crippen LogP contribution in [0, 0.1) is 0 Å². The number of hydrogen-bond acceptors (Lipinski definition) is 1. The molecule has 2 nitrogen and oxygen atoms in total. The van der Waals surface area contributed by atoms with Gasteiger partial charge in [-0.15, -0.1) is 0 Å². The first-order valence-corrected chi connectivity index (χ1v) is 8.03. The molecule has 1 N–H and O–H groups in total. The Kier molecular flexibility index (Phi) is 5.43. The highest BCUT2D eigenvalue weighted by molar-refractivity contribution is 9.10. The van der Waals surface area contributed by atoms with Crippen LogP contribution in [0.3, 0.4) is 0 Å². The molecule has 110 valence electrons. The summed E-state index contributed by atoms with van der Waals surface area (Å²) >= 11 is 9.43. The number of halogens is 2. The van der Waals surface area contributed by atoms with Crippen molar-refractivity contribution in [1.82, 2.24) is 5.32 Å². The Bertz CT molecular complexity index is 640.